The number of aliphatic hydroxyl groups excluding tert-OH is 1. The SMILES string of the molecule is CC(C)CCC[C@@H](C)[C@H]1CC[C@H]2[C@@H]3CC[C@H]4C[C@@H]([C@@H]5O[C@@H]6COC(c7ccccc7)O[C@H]6[C@H](O[Si](C)(C)C(C)(C)C)[C@@H]5O)CC[C@]4(C)[C@H]3CC[C@]12C. The number of ether oxygens (including phenoxy) is 3. The first-order valence-electron chi connectivity index (χ1n) is 21.9. The standard InChI is InChI=1S/C46H76O5Si/c1-29(2)15-14-16-30(3)35-21-22-36-34-20-19-33-27-32(23-25-45(33,7)37(34)24-26-46(35,36)8)40-39(47)42(51-52(9,10)44(4,5)6)41-38(49-40)28-48-43(50-41)31-17-12-11-13-18-31/h11-13,17-18,29-30,32-43,47H,14-16,19-28H2,1-10H3/t30-,32+,33+,34+,35-,36+,37+,38-,39-,40+,41-,42-,43?,45+,46-/m1/s1. The van der Waals surface area contributed by atoms with Crippen molar-refractivity contribution in [3.8, 4) is 0 Å². The van der Waals surface area contributed by atoms with Gasteiger partial charge in [0.2, 0.25) is 0 Å². The van der Waals surface area contributed by atoms with Crippen LogP contribution < -0.4 is 0 Å². The van der Waals surface area contributed by atoms with Crippen LogP contribution in [0.25, 0.3) is 0 Å². The maximum Gasteiger partial charge on any atom is 0.192 e. The Morgan fingerprint density at radius 1 is 0.865 bits per heavy atom. The summed E-state index contributed by atoms with van der Waals surface area (Å²) in [7, 11) is -2.23. The van der Waals surface area contributed by atoms with E-state index in [4.69, 9.17) is 18.6 Å². The molecule has 0 spiro atoms. The van der Waals surface area contributed by atoms with Crippen LogP contribution in [0.2, 0.25) is 18.1 Å². The number of hydrogen-bond donors (Lipinski definition) is 1. The average Bonchev–Trinajstić information content (AvgIpc) is 3.46. The van der Waals surface area contributed by atoms with Gasteiger partial charge in [0.25, 0.3) is 0 Å². The van der Waals surface area contributed by atoms with Crippen molar-refractivity contribution in [2.75, 3.05) is 6.61 Å². The maximum absolute atomic E-state index is 12.4. The molecule has 6 heteroatoms. The largest absolute Gasteiger partial charge is 0.408 e. The molecule has 5 nitrogen and oxygen atoms in total. The molecule has 7 rings (SSSR count). The lowest BCUT2D eigenvalue weighted by Crippen LogP contribution is -2.66. The highest BCUT2D eigenvalue weighted by Gasteiger charge is 2.62. The van der Waals surface area contributed by atoms with Gasteiger partial charge in [-0.25, -0.2) is 0 Å². The van der Waals surface area contributed by atoms with Gasteiger partial charge in [0, 0.05) is 5.56 Å². The van der Waals surface area contributed by atoms with Crippen LogP contribution >= 0.6 is 0 Å². The Labute approximate surface area is 319 Å². The minimum absolute atomic E-state index is 0.0203. The van der Waals surface area contributed by atoms with Crippen molar-refractivity contribution < 1.29 is 23.7 Å². The van der Waals surface area contributed by atoms with Crippen LogP contribution in [0, 0.1) is 58.2 Å². The van der Waals surface area contributed by atoms with Gasteiger partial charge >= 0.3 is 0 Å². The van der Waals surface area contributed by atoms with E-state index in [0.29, 0.717) is 29.3 Å². The Bertz CT molecular complexity index is 1340. The molecular weight excluding hydrogens is 661 g/mol. The predicted octanol–water partition coefficient (Wildman–Crippen LogP) is 11.4. The molecule has 294 valence electrons. The van der Waals surface area contributed by atoms with E-state index in [9.17, 15) is 5.11 Å². The molecule has 6 aliphatic rings. The van der Waals surface area contributed by atoms with Crippen LogP contribution in [0.1, 0.15) is 144 Å². The molecule has 2 aliphatic heterocycles. The molecule has 52 heavy (non-hydrogen) atoms. The smallest absolute Gasteiger partial charge is 0.192 e. The highest BCUT2D eigenvalue weighted by molar-refractivity contribution is 6.74. The molecule has 0 aromatic heterocycles. The first-order chi connectivity index (χ1) is 24.5. The van der Waals surface area contributed by atoms with Gasteiger partial charge in [0.1, 0.15) is 24.4 Å². The molecule has 6 fully saturated rings. The fourth-order valence-electron chi connectivity index (χ4n) is 13.1. The summed E-state index contributed by atoms with van der Waals surface area (Å²) in [4.78, 5) is 0. The van der Waals surface area contributed by atoms with Crippen LogP contribution in [0.4, 0.5) is 0 Å². The zero-order valence-corrected chi connectivity index (χ0v) is 35.7. The molecule has 2 heterocycles. The number of rotatable bonds is 9. The Kier molecular flexibility index (Phi) is 11.4. The van der Waals surface area contributed by atoms with Crippen molar-refractivity contribution in [2.45, 2.75) is 187 Å². The molecule has 1 aromatic carbocycles. The fraction of sp³-hybridized carbons (Fsp3) is 0.870. The van der Waals surface area contributed by atoms with E-state index >= 15 is 0 Å². The van der Waals surface area contributed by atoms with E-state index in [0.717, 1.165) is 53.9 Å². The molecule has 1 unspecified atom stereocenters. The lowest BCUT2D eigenvalue weighted by molar-refractivity contribution is -0.332. The molecule has 0 radical (unpaired) electrons. The van der Waals surface area contributed by atoms with Gasteiger partial charge in [0.15, 0.2) is 14.6 Å². The van der Waals surface area contributed by atoms with Gasteiger partial charge < -0.3 is 23.7 Å². The fourth-order valence-corrected chi connectivity index (χ4v) is 14.4. The summed E-state index contributed by atoms with van der Waals surface area (Å²) in [5, 5.41) is 12.4. The molecule has 0 bridgehead atoms. The quantitative estimate of drug-likeness (QED) is 0.256. The molecule has 4 saturated carbocycles. The summed E-state index contributed by atoms with van der Waals surface area (Å²) in [5.74, 6) is 6.31. The highest BCUT2D eigenvalue weighted by atomic mass is 28.4. The van der Waals surface area contributed by atoms with Crippen LogP contribution in [0.15, 0.2) is 30.3 Å². The zero-order valence-electron chi connectivity index (χ0n) is 34.7. The molecule has 1 aromatic rings. The number of benzene rings is 1. The molecule has 1 N–H and O–H groups in total. The Morgan fingerprint density at radius 3 is 2.29 bits per heavy atom. The third kappa shape index (κ3) is 7.19. The third-order valence-electron chi connectivity index (χ3n) is 17.1. The molecule has 2 saturated heterocycles. The zero-order chi connectivity index (χ0) is 37.2. The summed E-state index contributed by atoms with van der Waals surface area (Å²) >= 11 is 0. The number of fused-ring (bicyclic) bond motifs is 6. The van der Waals surface area contributed by atoms with Crippen molar-refractivity contribution >= 4 is 8.32 Å². The molecule has 4 aliphatic carbocycles. The monoisotopic (exact) mass is 737 g/mol. The normalized spacial score (nSPS) is 44.4. The molecular formula is C46H76O5Si. The number of aliphatic hydroxyl groups is 1. The molecule has 0 amide bonds. The predicted molar refractivity (Wildman–Crippen MR) is 213 cm³/mol. The maximum atomic E-state index is 12.4. The van der Waals surface area contributed by atoms with Crippen molar-refractivity contribution in [3.63, 3.8) is 0 Å². The van der Waals surface area contributed by atoms with Gasteiger partial charge in [-0.2, -0.15) is 0 Å². The van der Waals surface area contributed by atoms with Gasteiger partial charge in [-0.15, -0.1) is 0 Å². The second-order valence-electron chi connectivity index (χ2n) is 21.4. The van der Waals surface area contributed by atoms with Crippen molar-refractivity contribution in [1.82, 2.24) is 0 Å². The first kappa shape index (κ1) is 39.5. The minimum Gasteiger partial charge on any atom is -0.408 e. The second kappa shape index (κ2) is 15.0. The lowest BCUT2D eigenvalue weighted by atomic mass is 9.43. The van der Waals surface area contributed by atoms with Crippen LogP contribution in [-0.4, -0.2) is 50.6 Å². The van der Waals surface area contributed by atoms with Gasteiger partial charge in [0.05, 0.1) is 12.7 Å². The van der Waals surface area contributed by atoms with E-state index < -0.39 is 26.8 Å². The van der Waals surface area contributed by atoms with Crippen molar-refractivity contribution in [2.24, 2.45) is 58.2 Å². The van der Waals surface area contributed by atoms with Gasteiger partial charge in [-0.1, -0.05) is 105 Å². The third-order valence-corrected chi connectivity index (χ3v) is 21.5. The van der Waals surface area contributed by atoms with Crippen LogP contribution in [0.3, 0.4) is 0 Å². The van der Waals surface area contributed by atoms with Crippen LogP contribution in [0.5, 0.6) is 0 Å². The summed E-state index contributed by atoms with van der Waals surface area (Å²) < 4.78 is 27.1. The van der Waals surface area contributed by atoms with E-state index in [-0.39, 0.29) is 23.4 Å². The number of hydrogen-bond acceptors (Lipinski definition) is 5. The summed E-state index contributed by atoms with van der Waals surface area (Å²) in [5.41, 5.74) is 1.94. The average molecular weight is 737 g/mol. The molecule has 15 atom stereocenters. The van der Waals surface area contributed by atoms with Crippen molar-refractivity contribution in [1.29, 1.82) is 0 Å². The Hall–Kier alpha value is -0.763. The van der Waals surface area contributed by atoms with E-state index in [1.165, 1.54) is 64.2 Å². The van der Waals surface area contributed by atoms with Crippen LogP contribution in [-0.2, 0) is 18.6 Å². The van der Waals surface area contributed by atoms with E-state index in [1.807, 2.05) is 18.2 Å². The summed E-state index contributed by atoms with van der Waals surface area (Å²) in [6.07, 6.45) is 13.8. The lowest BCUT2D eigenvalue weighted by Gasteiger charge is -2.62. The Balaban J connectivity index is 1.05. The second-order valence-corrected chi connectivity index (χ2v) is 26.1. The Morgan fingerprint density at radius 2 is 1.58 bits per heavy atom. The summed E-state index contributed by atoms with van der Waals surface area (Å²) in [6, 6.07) is 10.2. The van der Waals surface area contributed by atoms with Crippen molar-refractivity contribution in [3.05, 3.63) is 35.9 Å². The van der Waals surface area contributed by atoms with E-state index in [1.54, 1.807) is 0 Å². The van der Waals surface area contributed by atoms with Gasteiger partial charge in [-0.3, -0.25) is 0 Å². The topological polar surface area (TPSA) is 57.2 Å². The van der Waals surface area contributed by atoms with E-state index in [2.05, 4.69) is 80.6 Å². The summed E-state index contributed by atoms with van der Waals surface area (Å²) in [6.45, 7) is 24.7. The van der Waals surface area contributed by atoms with Gasteiger partial charge in [-0.05, 0) is 134 Å². The minimum atomic E-state index is -2.23. The first-order valence-corrected chi connectivity index (χ1v) is 24.8. The highest BCUT2D eigenvalue weighted by Crippen LogP contribution is 2.69.